The van der Waals surface area contributed by atoms with Gasteiger partial charge in [-0.05, 0) is 42.5 Å². The number of rotatable bonds is 1. The molecule has 0 saturated heterocycles. The molecule has 0 spiro atoms. The van der Waals surface area contributed by atoms with Crippen LogP contribution in [0.15, 0.2) is 122 Å². The molecule has 4 aromatic heterocycles. The van der Waals surface area contributed by atoms with E-state index in [9.17, 15) is 0 Å². The molecule has 194 valence electrons. The third kappa shape index (κ3) is 2.68. The molecule has 5 heterocycles. The van der Waals surface area contributed by atoms with E-state index in [1.807, 2.05) is 30.3 Å². The Labute approximate surface area is 239 Å². The van der Waals surface area contributed by atoms with E-state index >= 15 is 0 Å². The summed E-state index contributed by atoms with van der Waals surface area (Å²) in [4.78, 5) is 20.0. The molecule has 0 aliphatic carbocycles. The summed E-state index contributed by atoms with van der Waals surface area (Å²) in [5, 5.41) is 4.60. The smallest absolute Gasteiger partial charge is 0.234 e. The number of hydrogen-bond acceptors (Lipinski definition) is 4. The van der Waals surface area contributed by atoms with Gasteiger partial charge in [0.2, 0.25) is 5.95 Å². The summed E-state index contributed by atoms with van der Waals surface area (Å²) in [7, 11) is 0. The third-order valence-corrected chi connectivity index (χ3v) is 8.55. The molecule has 0 unspecified atom stereocenters. The fourth-order valence-electron chi connectivity index (χ4n) is 6.89. The SMILES string of the molecule is c1cnc(-n2c3ccccc3c3cc4c5c(c6ccccc6n5-c5ccccc5-c5nc6ccccc6nc5-4)c32)nc1. The maximum atomic E-state index is 5.31. The molecule has 42 heavy (non-hydrogen) atoms. The van der Waals surface area contributed by atoms with E-state index in [0.717, 1.165) is 77.5 Å². The van der Waals surface area contributed by atoms with Gasteiger partial charge in [0.15, 0.2) is 0 Å². The first-order chi connectivity index (χ1) is 20.9. The van der Waals surface area contributed by atoms with E-state index < -0.39 is 0 Å². The van der Waals surface area contributed by atoms with Crippen LogP contribution in [0.25, 0.3) is 88.8 Å². The predicted molar refractivity (Wildman–Crippen MR) is 168 cm³/mol. The lowest BCUT2D eigenvalue weighted by Crippen LogP contribution is -2.00. The average Bonchev–Trinajstić information content (AvgIpc) is 3.53. The summed E-state index contributed by atoms with van der Waals surface area (Å²) in [6, 6.07) is 38.0. The largest absolute Gasteiger partial charge is 0.308 e. The highest BCUT2D eigenvalue weighted by Crippen LogP contribution is 2.49. The monoisotopic (exact) mass is 536 g/mol. The normalized spacial score (nSPS) is 12.3. The van der Waals surface area contributed by atoms with Gasteiger partial charge < -0.3 is 4.57 Å². The molecule has 0 bridgehead atoms. The Bertz CT molecular complexity index is 2580. The molecule has 1 aliphatic heterocycles. The molecule has 6 nitrogen and oxygen atoms in total. The quantitative estimate of drug-likeness (QED) is 0.212. The molecule has 9 aromatic rings. The standard InChI is InChI=1S/C36H20N6/c1-6-15-28-21(10-1)24-20-25-33-32(39-26-13-4-5-14-27(26)40-33)23-12-3-8-17-30(23)41-29-16-7-2-11-22(29)31(35(25)41)34(24)42(28)36-37-18-9-19-38-36/h1-20H. The summed E-state index contributed by atoms with van der Waals surface area (Å²) in [6.07, 6.45) is 3.61. The Morgan fingerprint density at radius 2 is 1.10 bits per heavy atom. The molecular weight excluding hydrogens is 516 g/mol. The molecule has 6 heteroatoms. The lowest BCUT2D eigenvalue weighted by Gasteiger charge is -2.11. The van der Waals surface area contributed by atoms with Gasteiger partial charge >= 0.3 is 0 Å². The van der Waals surface area contributed by atoms with Crippen LogP contribution in [0.3, 0.4) is 0 Å². The zero-order chi connectivity index (χ0) is 27.4. The second-order valence-corrected chi connectivity index (χ2v) is 10.7. The summed E-state index contributed by atoms with van der Waals surface area (Å²) in [6.45, 7) is 0. The summed E-state index contributed by atoms with van der Waals surface area (Å²) in [5.41, 5.74) is 11.2. The van der Waals surface area contributed by atoms with Crippen molar-refractivity contribution >= 4 is 54.6 Å². The number of para-hydroxylation sites is 5. The fraction of sp³-hybridized carbons (Fsp3) is 0. The van der Waals surface area contributed by atoms with Crippen molar-refractivity contribution in [3.05, 3.63) is 122 Å². The summed E-state index contributed by atoms with van der Waals surface area (Å²) >= 11 is 0. The third-order valence-electron chi connectivity index (χ3n) is 8.55. The summed E-state index contributed by atoms with van der Waals surface area (Å²) in [5.74, 6) is 0.649. The average molecular weight is 537 g/mol. The number of aromatic nitrogens is 6. The van der Waals surface area contributed by atoms with E-state index in [2.05, 4.69) is 88.0 Å². The molecule has 0 fully saturated rings. The zero-order valence-corrected chi connectivity index (χ0v) is 22.2. The number of hydrogen-bond donors (Lipinski definition) is 0. The van der Waals surface area contributed by atoms with Crippen LogP contribution in [0.1, 0.15) is 0 Å². The lowest BCUT2D eigenvalue weighted by molar-refractivity contribution is 0.991. The van der Waals surface area contributed by atoms with Crippen molar-refractivity contribution < 1.29 is 0 Å². The number of fused-ring (bicyclic) bond motifs is 13. The van der Waals surface area contributed by atoms with Crippen molar-refractivity contribution in [3.8, 4) is 34.2 Å². The van der Waals surface area contributed by atoms with Crippen LogP contribution in [0.5, 0.6) is 0 Å². The second kappa shape index (κ2) is 7.86. The Morgan fingerprint density at radius 3 is 1.88 bits per heavy atom. The highest BCUT2D eigenvalue weighted by Gasteiger charge is 2.30. The van der Waals surface area contributed by atoms with Gasteiger partial charge in [0.1, 0.15) is 0 Å². The van der Waals surface area contributed by atoms with Crippen molar-refractivity contribution in [3.63, 3.8) is 0 Å². The highest BCUT2D eigenvalue weighted by molar-refractivity contribution is 6.29. The van der Waals surface area contributed by atoms with Gasteiger partial charge in [-0.3, -0.25) is 4.57 Å². The first kappa shape index (κ1) is 21.9. The van der Waals surface area contributed by atoms with Crippen molar-refractivity contribution in [2.24, 2.45) is 0 Å². The van der Waals surface area contributed by atoms with Gasteiger partial charge in [-0.25, -0.2) is 19.9 Å². The minimum absolute atomic E-state index is 0.649. The highest BCUT2D eigenvalue weighted by atomic mass is 15.2. The Hall–Kier alpha value is -5.88. The van der Waals surface area contributed by atoms with E-state index in [0.29, 0.717) is 5.95 Å². The van der Waals surface area contributed by atoms with E-state index in [4.69, 9.17) is 19.9 Å². The summed E-state index contributed by atoms with van der Waals surface area (Å²) < 4.78 is 4.61. The first-order valence-electron chi connectivity index (χ1n) is 14.0. The van der Waals surface area contributed by atoms with Gasteiger partial charge in [0.05, 0.1) is 50.2 Å². The minimum Gasteiger partial charge on any atom is -0.308 e. The van der Waals surface area contributed by atoms with Crippen molar-refractivity contribution in [2.45, 2.75) is 0 Å². The Kier molecular flexibility index (Phi) is 4.10. The van der Waals surface area contributed by atoms with Gasteiger partial charge in [0.25, 0.3) is 0 Å². The van der Waals surface area contributed by atoms with Crippen LogP contribution in [0.4, 0.5) is 0 Å². The zero-order valence-electron chi connectivity index (χ0n) is 22.2. The number of nitrogens with zero attached hydrogens (tertiary/aromatic N) is 6. The van der Waals surface area contributed by atoms with Gasteiger partial charge in [0, 0.05) is 45.1 Å². The minimum atomic E-state index is 0.649. The van der Waals surface area contributed by atoms with Crippen molar-refractivity contribution in [1.82, 2.24) is 29.1 Å². The van der Waals surface area contributed by atoms with E-state index in [-0.39, 0.29) is 0 Å². The Morgan fingerprint density at radius 1 is 0.476 bits per heavy atom. The molecule has 1 aliphatic rings. The molecule has 0 amide bonds. The lowest BCUT2D eigenvalue weighted by atomic mass is 9.98. The van der Waals surface area contributed by atoms with Crippen LogP contribution >= 0.6 is 0 Å². The maximum Gasteiger partial charge on any atom is 0.234 e. The first-order valence-corrected chi connectivity index (χ1v) is 14.0. The maximum absolute atomic E-state index is 5.31. The topological polar surface area (TPSA) is 61.4 Å². The van der Waals surface area contributed by atoms with Gasteiger partial charge in [-0.15, -0.1) is 0 Å². The van der Waals surface area contributed by atoms with Gasteiger partial charge in [-0.2, -0.15) is 0 Å². The van der Waals surface area contributed by atoms with Crippen LogP contribution in [-0.2, 0) is 0 Å². The molecule has 0 radical (unpaired) electrons. The van der Waals surface area contributed by atoms with Crippen LogP contribution < -0.4 is 0 Å². The Balaban J connectivity index is 1.54. The molecular formula is C36H20N6. The number of benzene rings is 5. The van der Waals surface area contributed by atoms with Crippen molar-refractivity contribution in [2.75, 3.05) is 0 Å². The molecule has 0 N–H and O–H groups in total. The fourth-order valence-corrected chi connectivity index (χ4v) is 6.89. The van der Waals surface area contributed by atoms with Crippen LogP contribution in [-0.4, -0.2) is 29.1 Å². The predicted octanol–water partition coefficient (Wildman–Crippen LogP) is 8.26. The molecule has 5 aromatic carbocycles. The molecule has 0 saturated carbocycles. The molecule has 10 rings (SSSR count). The van der Waals surface area contributed by atoms with Crippen molar-refractivity contribution in [1.29, 1.82) is 0 Å². The van der Waals surface area contributed by atoms with E-state index in [1.54, 1.807) is 12.4 Å². The van der Waals surface area contributed by atoms with Crippen LogP contribution in [0, 0.1) is 0 Å². The second-order valence-electron chi connectivity index (χ2n) is 10.7. The van der Waals surface area contributed by atoms with E-state index in [1.165, 1.54) is 5.39 Å². The molecule has 0 atom stereocenters. The van der Waals surface area contributed by atoms with Crippen LogP contribution in [0.2, 0.25) is 0 Å². The van der Waals surface area contributed by atoms with Gasteiger partial charge in [-0.1, -0.05) is 66.7 Å².